The van der Waals surface area contributed by atoms with Gasteiger partial charge in [-0.15, -0.1) is 20.4 Å². The molecule has 1 saturated heterocycles. The van der Waals surface area contributed by atoms with Crippen molar-refractivity contribution in [1.82, 2.24) is 61.6 Å². The number of phenolic OH excluding ortho intramolecular Hbond substituents is 2. The summed E-state index contributed by atoms with van der Waals surface area (Å²) in [6.45, 7) is 1.93. The van der Waals surface area contributed by atoms with Crippen molar-refractivity contribution in [2.75, 3.05) is 40.9 Å². The second kappa shape index (κ2) is 18.8. The number of nitrogens with one attached hydrogen (secondary N) is 6. The number of aryl methyl sites for hydroxylation is 1. The minimum absolute atomic E-state index is 0.00876. The zero-order valence-electron chi connectivity index (χ0n) is 32.1. The number of anilines is 4. The van der Waals surface area contributed by atoms with Gasteiger partial charge in [-0.3, -0.25) is 46.9 Å². The zero-order chi connectivity index (χ0) is 44.8. The van der Waals surface area contributed by atoms with Crippen LogP contribution in [0.15, 0.2) is 59.2 Å². The molecule has 0 aliphatic carbocycles. The summed E-state index contributed by atoms with van der Waals surface area (Å²) in [7, 11) is 0. The predicted molar refractivity (Wildman–Crippen MR) is 220 cm³/mol. The smallest absolute Gasteiger partial charge is 0.288 e. The molecule has 24 nitrogen and oxygen atoms in total. The highest BCUT2D eigenvalue weighted by molar-refractivity contribution is 9.10. The highest BCUT2D eigenvalue weighted by Gasteiger charge is 2.27. The molecule has 1 unspecified atom stereocenters. The van der Waals surface area contributed by atoms with Crippen LogP contribution < -0.4 is 37.5 Å². The molecule has 0 spiro atoms. The number of carbonyl (C=O) groups is 3. The fourth-order valence-corrected chi connectivity index (χ4v) is 6.51. The lowest BCUT2D eigenvalue weighted by atomic mass is 10.1. The van der Waals surface area contributed by atoms with E-state index in [0.29, 0.717) is 15.7 Å². The number of amides is 3. The van der Waals surface area contributed by atoms with Crippen LogP contribution in [0.4, 0.5) is 28.1 Å². The van der Waals surface area contributed by atoms with Crippen molar-refractivity contribution in [2.45, 2.75) is 19.4 Å². The van der Waals surface area contributed by atoms with E-state index in [1.165, 1.54) is 43.3 Å². The van der Waals surface area contributed by atoms with E-state index in [-0.39, 0.29) is 88.9 Å². The first-order valence-corrected chi connectivity index (χ1v) is 19.3. The third-order valence-electron chi connectivity index (χ3n) is 8.80. The van der Waals surface area contributed by atoms with Crippen molar-refractivity contribution in [2.24, 2.45) is 0 Å². The van der Waals surface area contributed by atoms with E-state index < -0.39 is 47.0 Å². The summed E-state index contributed by atoms with van der Waals surface area (Å²) in [5, 5.41) is 56.0. The largest absolute Gasteiger partial charge is 0.507 e. The van der Waals surface area contributed by atoms with Crippen LogP contribution in [0.2, 0.25) is 5.02 Å². The monoisotopic (exact) mass is 948 g/mol. The fourth-order valence-electron chi connectivity index (χ4n) is 5.70. The van der Waals surface area contributed by atoms with Gasteiger partial charge in [-0.25, -0.2) is 14.4 Å². The second-order valence-corrected chi connectivity index (χ2v) is 14.4. The lowest BCUT2D eigenvalue weighted by Gasteiger charge is -2.33. The highest BCUT2D eigenvalue weighted by Crippen LogP contribution is 2.32. The van der Waals surface area contributed by atoms with Gasteiger partial charge in [-0.05, 0) is 48.9 Å². The lowest BCUT2D eigenvalue weighted by molar-refractivity contribution is 0.0364. The van der Waals surface area contributed by atoms with E-state index in [9.17, 15) is 34.8 Å². The van der Waals surface area contributed by atoms with Gasteiger partial charge in [0.05, 0.1) is 41.2 Å². The number of morpholine rings is 1. The Balaban J connectivity index is 0.923. The van der Waals surface area contributed by atoms with Crippen LogP contribution in [0.3, 0.4) is 0 Å². The molecule has 3 amide bonds. The van der Waals surface area contributed by atoms with Gasteiger partial charge in [0.15, 0.2) is 11.6 Å². The summed E-state index contributed by atoms with van der Waals surface area (Å²) in [5.41, 5.74) is 15.0. The summed E-state index contributed by atoms with van der Waals surface area (Å²) in [5.74, 6) is -5.47. The Morgan fingerprint density at radius 1 is 0.841 bits per heavy atom. The average Bonchev–Trinajstić information content (AvgIpc) is 3.27. The molecule has 1 aliphatic rings. The van der Waals surface area contributed by atoms with E-state index in [0.717, 1.165) is 6.20 Å². The van der Waals surface area contributed by atoms with Gasteiger partial charge in [0.2, 0.25) is 17.7 Å². The number of aromatic nitrogens is 9. The van der Waals surface area contributed by atoms with Gasteiger partial charge in [0.1, 0.15) is 34.7 Å². The highest BCUT2D eigenvalue weighted by atomic mass is 79.9. The first-order valence-electron chi connectivity index (χ1n) is 18.1. The molecule has 0 radical (unpaired) electrons. The molecule has 5 heterocycles. The Labute approximate surface area is 366 Å². The molecule has 1 fully saturated rings. The molecule has 6 aromatic rings. The summed E-state index contributed by atoms with van der Waals surface area (Å²) in [6, 6.07) is 11.5. The van der Waals surface area contributed by atoms with Crippen molar-refractivity contribution in [3.8, 4) is 23.3 Å². The van der Waals surface area contributed by atoms with Crippen molar-refractivity contribution < 1.29 is 43.9 Å². The van der Waals surface area contributed by atoms with Gasteiger partial charge < -0.3 is 30.1 Å². The number of hydrogen-bond donors (Lipinski definition) is 10. The van der Waals surface area contributed by atoms with E-state index >= 15 is 4.39 Å². The Morgan fingerprint density at radius 2 is 1.54 bits per heavy atom. The first kappa shape index (κ1) is 43.3. The number of hydrogen-bond acceptors (Lipinski definition) is 21. The predicted octanol–water partition coefficient (Wildman–Crippen LogP) is 2.37. The number of aromatic hydroxyl groups is 4. The number of pyridine rings is 1. The molecule has 1 atom stereocenters. The summed E-state index contributed by atoms with van der Waals surface area (Å²) in [6.07, 6.45) is 0.135. The normalized spacial score (nSPS) is 13.5. The van der Waals surface area contributed by atoms with Crippen molar-refractivity contribution in [3.63, 3.8) is 0 Å². The zero-order valence-corrected chi connectivity index (χ0v) is 34.5. The van der Waals surface area contributed by atoms with Crippen molar-refractivity contribution >= 4 is 68.9 Å². The number of benzene rings is 2. The molecule has 0 bridgehead atoms. The van der Waals surface area contributed by atoms with Crippen molar-refractivity contribution in [3.05, 3.63) is 110 Å². The van der Waals surface area contributed by atoms with Crippen LogP contribution >= 0.6 is 27.5 Å². The Morgan fingerprint density at radius 3 is 2.27 bits per heavy atom. The van der Waals surface area contributed by atoms with Gasteiger partial charge in [-0.1, -0.05) is 39.7 Å². The van der Waals surface area contributed by atoms with Crippen LogP contribution in [0.5, 0.6) is 23.3 Å². The number of nitrogens with zero attached hydrogens (tertiary/aromatic N) is 10. The Hall–Kier alpha value is -7.84. The topological polar surface area (TPSA) is 333 Å². The molecule has 0 saturated carbocycles. The minimum Gasteiger partial charge on any atom is -0.507 e. The molecule has 2 aromatic carbocycles. The molecule has 324 valence electrons. The maximum absolute atomic E-state index is 15.0. The SMILES string of the molecule is Cc1nnc(NNC(=O)c2ccc(Cc3nnc(NNC(=O)c4cccc(C5CN(c6nc(NNC(=O)c7cc(Br)cc(Cl)c7O)ncc6F)CCO5)n4)nc3O)cc2O)nc1O. The number of hydrazine groups is 3. The minimum atomic E-state index is -0.766. The lowest BCUT2D eigenvalue weighted by Crippen LogP contribution is -2.40. The maximum Gasteiger partial charge on any atom is 0.288 e. The van der Waals surface area contributed by atoms with E-state index in [1.807, 2.05) is 0 Å². The quantitative estimate of drug-likeness (QED) is 0.0743. The number of halogens is 3. The molecule has 4 aromatic heterocycles. The number of carbonyl (C=O) groups excluding carboxylic acids is 3. The Bertz CT molecular complexity index is 2740. The van der Waals surface area contributed by atoms with E-state index in [2.05, 4.69) is 93.8 Å². The molecule has 10 N–H and O–H groups in total. The molecular formula is C36H31BrClFN16O8. The average molecular weight is 950 g/mol. The molecule has 27 heteroatoms. The molecular weight excluding hydrogens is 919 g/mol. The standard InChI is InChI=1S/C36H31BrClFN16O8/c1-15-29(58)43-35(51-45-15)53-47-30(59)18-6-5-16(10-25(18)56)9-24-32(61)44-36(52-46-24)54-49-33(62)23-4-2-3-22(41-23)26-14-55(7-8-63-26)28-21(39)13-40-34(42-28)50-48-31(60)19-11-17(37)12-20(38)27(19)57/h2-6,10-13,26,56-57H,7-9,14H2,1H3,(H,47,59)(H,48,60)(H,49,62)(H,40,42,50)(H2,43,51,53,58)(H2,44,52,54,61). The van der Waals surface area contributed by atoms with Crippen LogP contribution in [0.1, 0.15) is 60.0 Å². The van der Waals surface area contributed by atoms with Crippen LogP contribution in [-0.4, -0.2) is 103 Å². The summed E-state index contributed by atoms with van der Waals surface area (Å²) >= 11 is 9.17. The van der Waals surface area contributed by atoms with Crippen LogP contribution in [0, 0.1) is 12.7 Å². The van der Waals surface area contributed by atoms with Gasteiger partial charge in [0.25, 0.3) is 29.6 Å². The molecule has 7 rings (SSSR count). The summed E-state index contributed by atoms with van der Waals surface area (Å²) in [4.78, 5) is 60.0. The van der Waals surface area contributed by atoms with Gasteiger partial charge in [0, 0.05) is 17.4 Å². The first-order chi connectivity index (χ1) is 30.2. The van der Waals surface area contributed by atoms with Crippen LogP contribution in [-0.2, 0) is 11.2 Å². The number of rotatable bonds is 13. The van der Waals surface area contributed by atoms with E-state index in [1.54, 1.807) is 17.0 Å². The Kier molecular flexibility index (Phi) is 12.9. The summed E-state index contributed by atoms with van der Waals surface area (Å²) < 4.78 is 21.4. The van der Waals surface area contributed by atoms with Crippen LogP contribution in [0.25, 0.3) is 0 Å². The van der Waals surface area contributed by atoms with E-state index in [4.69, 9.17) is 16.3 Å². The third kappa shape index (κ3) is 10.4. The number of ether oxygens (including phenoxy) is 1. The third-order valence-corrected chi connectivity index (χ3v) is 9.55. The van der Waals surface area contributed by atoms with Crippen molar-refractivity contribution in [1.29, 1.82) is 0 Å². The fraction of sp³-hybridized carbons (Fsp3) is 0.167. The molecule has 1 aliphatic heterocycles. The van der Waals surface area contributed by atoms with Gasteiger partial charge in [-0.2, -0.15) is 15.0 Å². The molecule has 63 heavy (non-hydrogen) atoms. The second-order valence-electron chi connectivity index (χ2n) is 13.1. The van der Waals surface area contributed by atoms with Gasteiger partial charge >= 0.3 is 0 Å². The maximum atomic E-state index is 15.0. The number of phenols is 2.